The Kier molecular flexibility index (Phi) is 4.81. The minimum atomic E-state index is -0.264. The maximum atomic E-state index is 12.8. The van der Waals surface area contributed by atoms with Crippen LogP contribution in [0.2, 0.25) is 0 Å². The third-order valence-electron chi connectivity index (χ3n) is 5.76. The predicted octanol–water partition coefficient (Wildman–Crippen LogP) is 2.92. The molecule has 5 rings (SSSR count). The number of benzene rings is 2. The van der Waals surface area contributed by atoms with E-state index in [0.29, 0.717) is 43.3 Å². The molecular formula is C23H21N5O3. The van der Waals surface area contributed by atoms with Crippen molar-refractivity contribution in [1.29, 1.82) is 5.26 Å². The van der Waals surface area contributed by atoms with Crippen LogP contribution in [-0.2, 0) is 4.74 Å². The SMILES string of the molecule is N#CN1C[C@@H](NC(=O)c2cc(-c3ccccc3Oc3ccccc3)n[nH]2)CC12COC2. The van der Waals surface area contributed by atoms with Crippen molar-refractivity contribution in [2.75, 3.05) is 19.8 Å². The number of nitriles is 1. The summed E-state index contributed by atoms with van der Waals surface area (Å²) < 4.78 is 11.3. The maximum absolute atomic E-state index is 12.8. The van der Waals surface area contributed by atoms with Gasteiger partial charge in [-0.1, -0.05) is 30.3 Å². The summed E-state index contributed by atoms with van der Waals surface area (Å²) in [5, 5.41) is 19.5. The van der Waals surface area contributed by atoms with E-state index in [4.69, 9.17) is 9.47 Å². The van der Waals surface area contributed by atoms with E-state index < -0.39 is 0 Å². The number of hydrogen-bond donors (Lipinski definition) is 2. The summed E-state index contributed by atoms with van der Waals surface area (Å²) in [7, 11) is 0. The Balaban J connectivity index is 1.31. The van der Waals surface area contributed by atoms with E-state index in [1.807, 2.05) is 54.6 Å². The third-order valence-corrected chi connectivity index (χ3v) is 5.76. The van der Waals surface area contributed by atoms with Crippen LogP contribution in [0.1, 0.15) is 16.9 Å². The Hall–Kier alpha value is -3.83. The van der Waals surface area contributed by atoms with Gasteiger partial charge in [0, 0.05) is 18.2 Å². The Morgan fingerprint density at radius 1 is 1.23 bits per heavy atom. The molecule has 31 heavy (non-hydrogen) atoms. The summed E-state index contributed by atoms with van der Waals surface area (Å²) >= 11 is 0. The van der Waals surface area contributed by atoms with Crippen LogP contribution < -0.4 is 10.1 Å². The number of aromatic nitrogens is 2. The first-order chi connectivity index (χ1) is 15.2. The van der Waals surface area contributed by atoms with Gasteiger partial charge in [0.05, 0.1) is 24.4 Å². The molecule has 1 spiro atoms. The lowest BCUT2D eigenvalue weighted by Crippen LogP contribution is -2.57. The van der Waals surface area contributed by atoms with E-state index in [-0.39, 0.29) is 17.5 Å². The van der Waals surface area contributed by atoms with Crippen LogP contribution in [0.5, 0.6) is 11.5 Å². The number of carbonyl (C=O) groups is 1. The molecule has 2 N–H and O–H groups in total. The lowest BCUT2D eigenvalue weighted by molar-refractivity contribution is -0.105. The van der Waals surface area contributed by atoms with Crippen molar-refractivity contribution in [1.82, 2.24) is 20.4 Å². The van der Waals surface area contributed by atoms with E-state index >= 15 is 0 Å². The predicted molar refractivity (Wildman–Crippen MR) is 112 cm³/mol. The second kappa shape index (κ2) is 7.78. The van der Waals surface area contributed by atoms with Crippen LogP contribution >= 0.6 is 0 Å². The van der Waals surface area contributed by atoms with Crippen molar-refractivity contribution < 1.29 is 14.3 Å². The Bertz CT molecular complexity index is 1130. The van der Waals surface area contributed by atoms with Gasteiger partial charge in [0.2, 0.25) is 0 Å². The highest BCUT2D eigenvalue weighted by atomic mass is 16.5. The van der Waals surface area contributed by atoms with Gasteiger partial charge in [0.15, 0.2) is 6.19 Å². The number of aromatic amines is 1. The minimum Gasteiger partial charge on any atom is -0.457 e. The van der Waals surface area contributed by atoms with Crippen LogP contribution in [0, 0.1) is 11.5 Å². The van der Waals surface area contributed by atoms with Crippen LogP contribution in [0.3, 0.4) is 0 Å². The third kappa shape index (κ3) is 3.60. The highest BCUT2D eigenvalue weighted by molar-refractivity contribution is 5.93. The van der Waals surface area contributed by atoms with Crippen molar-refractivity contribution in [2.45, 2.75) is 18.0 Å². The molecule has 156 valence electrons. The van der Waals surface area contributed by atoms with Crippen molar-refractivity contribution >= 4 is 5.91 Å². The highest BCUT2D eigenvalue weighted by Gasteiger charge is 2.51. The fourth-order valence-corrected chi connectivity index (χ4v) is 4.12. The number of ether oxygens (including phenoxy) is 2. The molecule has 0 aliphatic carbocycles. The number of likely N-dealkylation sites (tertiary alicyclic amines) is 1. The average Bonchev–Trinajstić information content (AvgIpc) is 3.40. The van der Waals surface area contributed by atoms with E-state index in [1.165, 1.54) is 0 Å². The van der Waals surface area contributed by atoms with Crippen molar-refractivity contribution in [3.63, 3.8) is 0 Å². The molecule has 0 radical (unpaired) electrons. The molecule has 0 unspecified atom stereocenters. The molecule has 8 nitrogen and oxygen atoms in total. The van der Waals surface area contributed by atoms with Gasteiger partial charge >= 0.3 is 0 Å². The molecule has 2 saturated heterocycles. The van der Waals surface area contributed by atoms with Crippen LogP contribution in [0.4, 0.5) is 0 Å². The zero-order chi connectivity index (χ0) is 21.3. The van der Waals surface area contributed by atoms with E-state index in [2.05, 4.69) is 21.7 Å². The van der Waals surface area contributed by atoms with Gasteiger partial charge in [0.25, 0.3) is 5.91 Å². The summed E-state index contributed by atoms with van der Waals surface area (Å²) in [5.74, 6) is 1.13. The zero-order valence-electron chi connectivity index (χ0n) is 16.7. The smallest absolute Gasteiger partial charge is 0.269 e. The number of nitrogens with zero attached hydrogens (tertiary/aromatic N) is 3. The Morgan fingerprint density at radius 3 is 2.71 bits per heavy atom. The first-order valence-corrected chi connectivity index (χ1v) is 10.1. The first-order valence-electron chi connectivity index (χ1n) is 10.1. The second-order valence-corrected chi connectivity index (χ2v) is 7.88. The van der Waals surface area contributed by atoms with Gasteiger partial charge in [-0.15, -0.1) is 0 Å². The highest BCUT2D eigenvalue weighted by Crippen LogP contribution is 2.36. The Labute approximate surface area is 179 Å². The average molecular weight is 415 g/mol. The molecular weight excluding hydrogens is 394 g/mol. The number of H-pyrrole nitrogens is 1. The summed E-state index contributed by atoms with van der Waals surface area (Å²) in [6, 6.07) is 18.7. The lowest BCUT2D eigenvalue weighted by atomic mass is 9.93. The molecule has 8 heteroatoms. The molecule has 0 bridgehead atoms. The van der Waals surface area contributed by atoms with Crippen molar-refractivity contribution in [2.24, 2.45) is 0 Å². The van der Waals surface area contributed by atoms with Gasteiger partial charge in [0.1, 0.15) is 17.2 Å². The summed E-state index contributed by atoms with van der Waals surface area (Å²) in [5.41, 5.74) is 1.49. The topological polar surface area (TPSA) is 103 Å². The molecule has 0 saturated carbocycles. The molecule has 1 atom stereocenters. The molecule has 1 amide bonds. The maximum Gasteiger partial charge on any atom is 0.269 e. The fraction of sp³-hybridized carbons (Fsp3) is 0.261. The van der Waals surface area contributed by atoms with E-state index in [1.54, 1.807) is 11.0 Å². The monoisotopic (exact) mass is 415 g/mol. The Morgan fingerprint density at radius 2 is 2.00 bits per heavy atom. The molecule has 3 heterocycles. The number of carbonyl (C=O) groups excluding carboxylic acids is 1. The van der Waals surface area contributed by atoms with E-state index in [9.17, 15) is 10.1 Å². The summed E-state index contributed by atoms with van der Waals surface area (Å²) in [6.07, 6.45) is 2.91. The largest absolute Gasteiger partial charge is 0.457 e. The van der Waals surface area contributed by atoms with Gasteiger partial charge < -0.3 is 14.8 Å². The van der Waals surface area contributed by atoms with Gasteiger partial charge in [-0.05, 0) is 36.8 Å². The number of hydrogen-bond acceptors (Lipinski definition) is 6. The molecule has 2 aliphatic heterocycles. The first kappa shape index (κ1) is 19.2. The van der Waals surface area contributed by atoms with Crippen LogP contribution in [0.15, 0.2) is 60.7 Å². The standard InChI is InChI=1S/C23H21N5O3/c24-15-28-12-16(11-23(28)13-30-14-23)25-22(29)20-10-19(26-27-20)18-8-4-5-9-21(18)31-17-6-2-1-3-7-17/h1-10,16H,11-14H2,(H,25,29)(H,26,27)/t16-/m0/s1. The lowest BCUT2D eigenvalue weighted by Gasteiger charge is -2.42. The summed E-state index contributed by atoms with van der Waals surface area (Å²) in [6.45, 7) is 1.54. The quantitative estimate of drug-likeness (QED) is 0.621. The number of rotatable bonds is 5. The molecule has 2 aromatic carbocycles. The molecule has 2 aliphatic rings. The van der Waals surface area contributed by atoms with Crippen LogP contribution in [-0.4, -0.2) is 52.3 Å². The number of nitrogens with one attached hydrogen (secondary N) is 2. The molecule has 1 aromatic heterocycles. The number of amides is 1. The van der Waals surface area contributed by atoms with Gasteiger partial charge in [-0.25, -0.2) is 0 Å². The normalized spacial score (nSPS) is 18.9. The van der Waals surface area contributed by atoms with E-state index in [0.717, 1.165) is 11.3 Å². The second-order valence-electron chi connectivity index (χ2n) is 7.88. The summed E-state index contributed by atoms with van der Waals surface area (Å²) in [4.78, 5) is 14.5. The van der Waals surface area contributed by atoms with Crippen molar-refractivity contribution in [3.05, 3.63) is 66.4 Å². The van der Waals surface area contributed by atoms with Gasteiger partial charge in [-0.3, -0.25) is 14.8 Å². The molecule has 3 aromatic rings. The van der Waals surface area contributed by atoms with Crippen molar-refractivity contribution in [3.8, 4) is 28.9 Å². The minimum absolute atomic E-state index is 0.114. The zero-order valence-corrected chi connectivity index (χ0v) is 16.7. The van der Waals surface area contributed by atoms with Gasteiger partial charge in [-0.2, -0.15) is 10.4 Å². The number of para-hydroxylation sites is 2. The molecule has 2 fully saturated rings. The fourth-order valence-electron chi connectivity index (χ4n) is 4.12. The van der Waals surface area contributed by atoms with Crippen LogP contribution in [0.25, 0.3) is 11.3 Å².